The highest BCUT2D eigenvalue weighted by Gasteiger charge is 2.38. The van der Waals surface area contributed by atoms with Crippen LogP contribution in [0.3, 0.4) is 0 Å². The molecule has 0 aromatic heterocycles. The average molecular weight is 292 g/mol. The third-order valence-electron chi connectivity index (χ3n) is 5.05. The van der Waals surface area contributed by atoms with E-state index in [0.717, 1.165) is 18.8 Å². The summed E-state index contributed by atoms with van der Waals surface area (Å²) in [7, 11) is 2.08. The first-order valence-corrected chi connectivity index (χ1v) is 8.15. The van der Waals surface area contributed by atoms with Crippen molar-refractivity contribution in [1.29, 1.82) is 0 Å². The summed E-state index contributed by atoms with van der Waals surface area (Å²) in [6.07, 6.45) is 3.86. The van der Waals surface area contributed by atoms with Crippen LogP contribution in [0, 0.1) is 17.2 Å². The Labute approximate surface area is 128 Å². The minimum atomic E-state index is -0.165. The van der Waals surface area contributed by atoms with Gasteiger partial charge in [0.15, 0.2) is 0 Å². The van der Waals surface area contributed by atoms with Crippen molar-refractivity contribution in [3.05, 3.63) is 30.1 Å². The molecule has 2 unspecified atom stereocenters. The molecule has 1 saturated carbocycles. The van der Waals surface area contributed by atoms with Gasteiger partial charge in [-0.05, 0) is 62.4 Å². The summed E-state index contributed by atoms with van der Waals surface area (Å²) in [5.41, 5.74) is 1.47. The predicted octanol–water partition coefficient (Wildman–Crippen LogP) is 4.07. The molecule has 2 atom stereocenters. The van der Waals surface area contributed by atoms with Crippen molar-refractivity contribution < 1.29 is 4.39 Å². The van der Waals surface area contributed by atoms with Crippen LogP contribution in [0.1, 0.15) is 40.0 Å². The van der Waals surface area contributed by atoms with Gasteiger partial charge in [0.2, 0.25) is 0 Å². The van der Waals surface area contributed by atoms with Crippen molar-refractivity contribution >= 4 is 5.69 Å². The Morgan fingerprint density at radius 1 is 1.29 bits per heavy atom. The summed E-state index contributed by atoms with van der Waals surface area (Å²) in [5, 5.41) is 3.55. The first-order valence-electron chi connectivity index (χ1n) is 8.15. The molecule has 0 amide bonds. The number of halogens is 1. The highest BCUT2D eigenvalue weighted by Crippen LogP contribution is 2.39. The van der Waals surface area contributed by atoms with Crippen LogP contribution in [0.5, 0.6) is 0 Å². The summed E-state index contributed by atoms with van der Waals surface area (Å²) in [5.74, 6) is 0.477. The third kappa shape index (κ3) is 3.76. The van der Waals surface area contributed by atoms with Crippen molar-refractivity contribution in [3.8, 4) is 0 Å². The molecule has 1 aromatic rings. The number of anilines is 1. The van der Waals surface area contributed by atoms with Gasteiger partial charge in [-0.2, -0.15) is 0 Å². The predicted molar refractivity (Wildman–Crippen MR) is 88.3 cm³/mol. The summed E-state index contributed by atoms with van der Waals surface area (Å²) in [6.45, 7) is 8.91. The van der Waals surface area contributed by atoms with Gasteiger partial charge in [-0.3, -0.25) is 0 Å². The maximum atomic E-state index is 13.1. The van der Waals surface area contributed by atoms with Crippen molar-refractivity contribution in [2.24, 2.45) is 11.3 Å². The first kappa shape index (κ1) is 16.3. The number of hydrogen-bond acceptors (Lipinski definition) is 2. The molecule has 3 heteroatoms. The van der Waals surface area contributed by atoms with Crippen LogP contribution in [0.4, 0.5) is 10.1 Å². The second-order valence-corrected chi connectivity index (χ2v) is 6.92. The second-order valence-electron chi connectivity index (χ2n) is 6.92. The van der Waals surface area contributed by atoms with E-state index in [0.29, 0.717) is 17.4 Å². The molecule has 0 heterocycles. The molecular weight excluding hydrogens is 263 g/mol. The highest BCUT2D eigenvalue weighted by molar-refractivity contribution is 5.46. The van der Waals surface area contributed by atoms with Crippen LogP contribution < -0.4 is 10.2 Å². The van der Waals surface area contributed by atoms with Gasteiger partial charge in [0.05, 0.1) is 0 Å². The zero-order chi connectivity index (χ0) is 15.5. The lowest BCUT2D eigenvalue weighted by Gasteiger charge is -2.45. The van der Waals surface area contributed by atoms with Crippen molar-refractivity contribution in [1.82, 2.24) is 5.32 Å². The maximum Gasteiger partial charge on any atom is 0.123 e. The molecule has 1 aliphatic rings. The molecule has 2 rings (SSSR count). The Balaban J connectivity index is 2.11. The SMILES string of the molecule is CCN(CC1CCCC(C)(C)C1NC)c1ccc(F)cc1. The van der Waals surface area contributed by atoms with Gasteiger partial charge in [-0.15, -0.1) is 0 Å². The van der Waals surface area contributed by atoms with Gasteiger partial charge in [-0.1, -0.05) is 20.3 Å². The molecule has 1 fully saturated rings. The van der Waals surface area contributed by atoms with Gasteiger partial charge in [-0.25, -0.2) is 4.39 Å². The first-order chi connectivity index (χ1) is 9.97. The molecule has 1 N–H and O–H groups in total. The molecule has 0 spiro atoms. The topological polar surface area (TPSA) is 15.3 Å². The Morgan fingerprint density at radius 3 is 2.52 bits per heavy atom. The maximum absolute atomic E-state index is 13.1. The molecule has 0 bridgehead atoms. The number of nitrogens with one attached hydrogen (secondary N) is 1. The van der Waals surface area contributed by atoms with E-state index in [9.17, 15) is 4.39 Å². The normalized spacial score (nSPS) is 24.8. The minimum Gasteiger partial charge on any atom is -0.371 e. The Kier molecular flexibility index (Phi) is 5.26. The fraction of sp³-hybridized carbons (Fsp3) is 0.667. The number of hydrogen-bond donors (Lipinski definition) is 1. The molecule has 0 saturated heterocycles. The van der Waals surface area contributed by atoms with E-state index < -0.39 is 0 Å². The third-order valence-corrected chi connectivity index (χ3v) is 5.05. The quantitative estimate of drug-likeness (QED) is 0.880. The van der Waals surface area contributed by atoms with Gasteiger partial charge in [0, 0.05) is 24.8 Å². The van der Waals surface area contributed by atoms with Gasteiger partial charge >= 0.3 is 0 Å². The second kappa shape index (κ2) is 6.78. The van der Waals surface area contributed by atoms with Gasteiger partial charge in [0.1, 0.15) is 5.82 Å². The van der Waals surface area contributed by atoms with Gasteiger partial charge in [0.25, 0.3) is 0 Å². The van der Waals surface area contributed by atoms with Crippen LogP contribution in [-0.2, 0) is 0 Å². The molecule has 0 radical (unpaired) electrons. The monoisotopic (exact) mass is 292 g/mol. The Bertz CT molecular complexity index is 441. The van der Waals surface area contributed by atoms with Crippen LogP contribution in [0.2, 0.25) is 0 Å². The summed E-state index contributed by atoms with van der Waals surface area (Å²) in [6, 6.07) is 7.43. The van der Waals surface area contributed by atoms with E-state index >= 15 is 0 Å². The van der Waals surface area contributed by atoms with Crippen LogP contribution in [0.15, 0.2) is 24.3 Å². The van der Waals surface area contributed by atoms with E-state index in [1.54, 1.807) is 12.1 Å². The standard InChI is InChI=1S/C18H29FN2/c1-5-21(16-10-8-15(19)9-11-16)13-14-7-6-12-18(2,3)17(14)20-4/h8-11,14,17,20H,5-7,12-13H2,1-4H3. The van der Waals surface area contributed by atoms with E-state index in [2.05, 4.69) is 38.0 Å². The lowest BCUT2D eigenvalue weighted by molar-refractivity contribution is 0.117. The summed E-state index contributed by atoms with van der Waals surface area (Å²) >= 11 is 0. The van der Waals surface area contributed by atoms with Crippen LogP contribution in [-0.4, -0.2) is 26.2 Å². The average Bonchev–Trinajstić information content (AvgIpc) is 2.45. The Hall–Kier alpha value is -1.09. The molecule has 2 nitrogen and oxygen atoms in total. The zero-order valence-electron chi connectivity index (χ0n) is 13.8. The Morgan fingerprint density at radius 2 is 1.95 bits per heavy atom. The van der Waals surface area contributed by atoms with Crippen molar-refractivity contribution in [2.45, 2.75) is 46.1 Å². The van der Waals surface area contributed by atoms with Crippen molar-refractivity contribution in [2.75, 3.05) is 25.0 Å². The smallest absolute Gasteiger partial charge is 0.123 e. The number of nitrogens with zero attached hydrogens (tertiary/aromatic N) is 1. The zero-order valence-corrected chi connectivity index (χ0v) is 13.8. The van der Waals surface area contributed by atoms with Crippen LogP contribution >= 0.6 is 0 Å². The number of benzene rings is 1. The minimum absolute atomic E-state index is 0.165. The largest absolute Gasteiger partial charge is 0.371 e. The fourth-order valence-electron chi connectivity index (χ4n) is 3.96. The van der Waals surface area contributed by atoms with E-state index in [-0.39, 0.29) is 5.82 Å². The van der Waals surface area contributed by atoms with Crippen molar-refractivity contribution in [3.63, 3.8) is 0 Å². The summed E-state index contributed by atoms with van der Waals surface area (Å²) < 4.78 is 13.1. The lowest BCUT2D eigenvalue weighted by Crippen LogP contribution is -2.51. The van der Waals surface area contributed by atoms with E-state index in [1.807, 2.05) is 12.1 Å². The lowest BCUT2D eigenvalue weighted by atomic mass is 9.68. The fourth-order valence-corrected chi connectivity index (χ4v) is 3.96. The van der Waals surface area contributed by atoms with Crippen LogP contribution in [0.25, 0.3) is 0 Å². The summed E-state index contributed by atoms with van der Waals surface area (Å²) in [4.78, 5) is 2.37. The molecule has 1 aliphatic carbocycles. The molecule has 0 aliphatic heterocycles. The van der Waals surface area contributed by atoms with Gasteiger partial charge < -0.3 is 10.2 Å². The highest BCUT2D eigenvalue weighted by atomic mass is 19.1. The number of rotatable bonds is 5. The molecule has 1 aromatic carbocycles. The van der Waals surface area contributed by atoms with E-state index in [4.69, 9.17) is 0 Å². The van der Waals surface area contributed by atoms with E-state index in [1.165, 1.54) is 19.3 Å². The molecule has 21 heavy (non-hydrogen) atoms. The molecular formula is C18H29FN2. The molecule has 118 valence electrons.